The van der Waals surface area contributed by atoms with Crippen LogP contribution in [0.3, 0.4) is 0 Å². The number of aliphatic hydroxyl groups is 1. The van der Waals surface area contributed by atoms with Gasteiger partial charge in [0.2, 0.25) is 0 Å². The second-order valence-electron chi connectivity index (χ2n) is 5.28. The van der Waals surface area contributed by atoms with Crippen LogP contribution in [-0.4, -0.2) is 31.7 Å². The second-order valence-corrected chi connectivity index (χ2v) is 5.28. The van der Waals surface area contributed by atoms with Crippen LogP contribution in [-0.2, 0) is 9.47 Å². The summed E-state index contributed by atoms with van der Waals surface area (Å²) in [6.45, 7) is 2.19. The van der Waals surface area contributed by atoms with Crippen LogP contribution >= 0.6 is 0 Å². The normalized spacial score (nSPS) is 30.1. The summed E-state index contributed by atoms with van der Waals surface area (Å²) >= 11 is 0. The van der Waals surface area contributed by atoms with Crippen LogP contribution in [0.5, 0.6) is 0 Å². The molecule has 0 spiro atoms. The molecule has 1 N–H and O–H groups in total. The lowest BCUT2D eigenvalue weighted by Gasteiger charge is -2.40. The molecule has 0 aromatic heterocycles. The molecule has 0 aromatic rings. The van der Waals surface area contributed by atoms with E-state index in [0.29, 0.717) is 5.92 Å². The van der Waals surface area contributed by atoms with Gasteiger partial charge in [-0.1, -0.05) is 19.8 Å². The van der Waals surface area contributed by atoms with Crippen LogP contribution in [0.1, 0.15) is 45.4 Å². The van der Waals surface area contributed by atoms with Crippen molar-refractivity contribution in [3.8, 4) is 6.07 Å². The highest BCUT2D eigenvalue weighted by Gasteiger charge is 2.45. The molecule has 0 amide bonds. The summed E-state index contributed by atoms with van der Waals surface area (Å²) in [6.07, 6.45) is 4.31. The Labute approximate surface area is 110 Å². The summed E-state index contributed by atoms with van der Waals surface area (Å²) in [6, 6.07) is 2.32. The standard InChI is InChI=1S/C14H25NO3/c1-4-5-11-6-8-14(10-15,9-7-11)12(16)13(17-2)18-3/h11-13,16H,4-9H2,1-3H3. The van der Waals surface area contributed by atoms with E-state index in [1.165, 1.54) is 27.1 Å². The van der Waals surface area contributed by atoms with Crippen molar-refractivity contribution >= 4 is 0 Å². The number of hydrogen-bond donors (Lipinski definition) is 1. The molecule has 0 aliphatic heterocycles. The third-order valence-corrected chi connectivity index (χ3v) is 4.21. The smallest absolute Gasteiger partial charge is 0.184 e. The first-order valence-electron chi connectivity index (χ1n) is 6.78. The van der Waals surface area contributed by atoms with Gasteiger partial charge in [-0.15, -0.1) is 0 Å². The lowest BCUT2D eigenvalue weighted by Crippen LogP contribution is -2.46. The van der Waals surface area contributed by atoms with Gasteiger partial charge in [-0.3, -0.25) is 0 Å². The molecule has 4 nitrogen and oxygen atoms in total. The fourth-order valence-electron chi connectivity index (χ4n) is 2.98. The summed E-state index contributed by atoms with van der Waals surface area (Å²) < 4.78 is 10.2. The van der Waals surface area contributed by atoms with Crippen LogP contribution in [0.25, 0.3) is 0 Å². The van der Waals surface area contributed by atoms with Crippen LogP contribution in [0, 0.1) is 22.7 Å². The van der Waals surface area contributed by atoms with Crippen molar-refractivity contribution in [2.75, 3.05) is 14.2 Å². The third-order valence-electron chi connectivity index (χ3n) is 4.21. The highest BCUT2D eigenvalue weighted by molar-refractivity contribution is 5.06. The maximum absolute atomic E-state index is 10.3. The first kappa shape index (κ1) is 15.4. The highest BCUT2D eigenvalue weighted by Crippen LogP contribution is 2.43. The van der Waals surface area contributed by atoms with Crippen molar-refractivity contribution in [3.05, 3.63) is 0 Å². The maximum Gasteiger partial charge on any atom is 0.184 e. The Hall–Kier alpha value is -0.630. The van der Waals surface area contributed by atoms with Crippen LogP contribution in [0.4, 0.5) is 0 Å². The van der Waals surface area contributed by atoms with Gasteiger partial charge in [0, 0.05) is 14.2 Å². The van der Waals surface area contributed by atoms with Crippen molar-refractivity contribution in [1.82, 2.24) is 0 Å². The lowest BCUT2D eigenvalue weighted by atomic mass is 9.67. The van der Waals surface area contributed by atoms with E-state index in [4.69, 9.17) is 9.47 Å². The van der Waals surface area contributed by atoms with Gasteiger partial charge < -0.3 is 14.6 Å². The number of rotatable bonds is 6. The minimum atomic E-state index is -0.875. The molecule has 1 aliphatic rings. The molecule has 1 rings (SSSR count). The SMILES string of the molecule is CCCC1CCC(C#N)(C(O)C(OC)OC)CC1. The summed E-state index contributed by atoms with van der Waals surface area (Å²) in [5, 5.41) is 19.8. The maximum atomic E-state index is 10.3. The minimum Gasteiger partial charge on any atom is -0.386 e. The average Bonchev–Trinajstić information content (AvgIpc) is 2.41. The van der Waals surface area contributed by atoms with Crippen molar-refractivity contribution in [1.29, 1.82) is 5.26 Å². The van der Waals surface area contributed by atoms with Crippen LogP contribution in [0.2, 0.25) is 0 Å². The van der Waals surface area contributed by atoms with Gasteiger partial charge in [0.05, 0.1) is 11.5 Å². The molecule has 0 saturated heterocycles. The van der Waals surface area contributed by atoms with Gasteiger partial charge in [0.15, 0.2) is 6.29 Å². The zero-order valence-electron chi connectivity index (χ0n) is 11.7. The predicted octanol–water partition coefficient (Wildman–Crippen LogP) is 2.47. The number of ether oxygens (including phenoxy) is 2. The monoisotopic (exact) mass is 255 g/mol. The molecule has 1 aliphatic carbocycles. The van der Waals surface area contributed by atoms with E-state index in [-0.39, 0.29) is 0 Å². The average molecular weight is 255 g/mol. The van der Waals surface area contributed by atoms with E-state index in [1.54, 1.807) is 0 Å². The molecular weight excluding hydrogens is 230 g/mol. The van der Waals surface area contributed by atoms with E-state index >= 15 is 0 Å². The van der Waals surface area contributed by atoms with Gasteiger partial charge in [0.25, 0.3) is 0 Å². The Kier molecular flexibility index (Phi) is 6.07. The molecule has 0 radical (unpaired) electrons. The Morgan fingerprint density at radius 3 is 2.28 bits per heavy atom. The lowest BCUT2D eigenvalue weighted by molar-refractivity contribution is -0.194. The molecule has 1 saturated carbocycles. The summed E-state index contributed by atoms with van der Waals surface area (Å²) in [5.74, 6) is 0.701. The van der Waals surface area contributed by atoms with E-state index in [1.807, 2.05) is 0 Å². The van der Waals surface area contributed by atoms with Gasteiger partial charge in [-0.05, 0) is 31.6 Å². The molecule has 18 heavy (non-hydrogen) atoms. The largest absolute Gasteiger partial charge is 0.386 e. The Morgan fingerprint density at radius 1 is 1.33 bits per heavy atom. The first-order chi connectivity index (χ1) is 8.63. The Balaban J connectivity index is 2.68. The van der Waals surface area contributed by atoms with Crippen molar-refractivity contribution in [3.63, 3.8) is 0 Å². The summed E-state index contributed by atoms with van der Waals surface area (Å²) in [4.78, 5) is 0. The second kappa shape index (κ2) is 7.08. The van der Waals surface area contributed by atoms with E-state index in [2.05, 4.69) is 13.0 Å². The number of nitrogens with zero attached hydrogens (tertiary/aromatic N) is 1. The number of hydrogen-bond acceptors (Lipinski definition) is 4. The minimum absolute atomic E-state index is 0.701. The van der Waals surface area contributed by atoms with E-state index in [9.17, 15) is 10.4 Å². The molecule has 0 bridgehead atoms. The van der Waals surface area contributed by atoms with Crippen LogP contribution in [0.15, 0.2) is 0 Å². The number of methoxy groups -OCH3 is 2. The van der Waals surface area contributed by atoms with Gasteiger partial charge in [0.1, 0.15) is 6.10 Å². The molecule has 104 valence electrons. The van der Waals surface area contributed by atoms with Crippen LogP contribution < -0.4 is 0 Å². The molecular formula is C14H25NO3. The van der Waals surface area contributed by atoms with Crippen molar-refractivity contribution in [2.45, 2.75) is 57.8 Å². The number of nitriles is 1. The molecule has 1 atom stereocenters. The highest BCUT2D eigenvalue weighted by atomic mass is 16.7. The van der Waals surface area contributed by atoms with Gasteiger partial charge in [-0.2, -0.15) is 5.26 Å². The Morgan fingerprint density at radius 2 is 1.89 bits per heavy atom. The van der Waals surface area contributed by atoms with Crippen molar-refractivity contribution < 1.29 is 14.6 Å². The molecule has 0 heterocycles. The molecule has 1 fully saturated rings. The first-order valence-corrected chi connectivity index (χ1v) is 6.78. The summed E-state index contributed by atoms with van der Waals surface area (Å²) in [5.41, 5.74) is -0.707. The fraction of sp³-hybridized carbons (Fsp3) is 0.929. The van der Waals surface area contributed by atoms with Gasteiger partial charge >= 0.3 is 0 Å². The van der Waals surface area contributed by atoms with Crippen molar-refractivity contribution in [2.24, 2.45) is 11.3 Å². The Bertz CT molecular complexity index is 275. The summed E-state index contributed by atoms with van der Waals surface area (Å²) in [7, 11) is 2.98. The van der Waals surface area contributed by atoms with E-state index in [0.717, 1.165) is 25.7 Å². The number of aliphatic hydroxyl groups excluding tert-OH is 1. The molecule has 4 heteroatoms. The predicted molar refractivity (Wildman–Crippen MR) is 68.7 cm³/mol. The quantitative estimate of drug-likeness (QED) is 0.741. The van der Waals surface area contributed by atoms with E-state index < -0.39 is 17.8 Å². The third kappa shape index (κ3) is 3.23. The fourth-order valence-corrected chi connectivity index (χ4v) is 2.98. The zero-order valence-corrected chi connectivity index (χ0v) is 11.7. The molecule has 0 aromatic carbocycles. The van der Waals surface area contributed by atoms with Gasteiger partial charge in [-0.25, -0.2) is 0 Å². The molecule has 1 unspecified atom stereocenters. The zero-order chi connectivity index (χ0) is 13.6. The topological polar surface area (TPSA) is 62.5 Å².